The molecule has 2 atom stereocenters. The summed E-state index contributed by atoms with van der Waals surface area (Å²) in [5.41, 5.74) is 0.724. The topological polar surface area (TPSA) is 90.0 Å². The number of aliphatic hydroxyl groups excluding tert-OH is 1. The van der Waals surface area contributed by atoms with Crippen molar-refractivity contribution in [3.63, 3.8) is 0 Å². The number of hydrogen-bond acceptors (Lipinski definition) is 6. The number of aliphatic hydroxyl groups is 1. The fourth-order valence-corrected chi connectivity index (χ4v) is 2.83. The second kappa shape index (κ2) is 5.24. The molecule has 3 heterocycles. The standard InChI is InChI=1S/C13H20N6O/c1-3-14-13-16-11-9(6-15-18-11)12(17-13)19-5-4-8(2)10(19)7-20/h6,8,10,20H,3-5,7H2,1-2H3,(H2,14,15,16,17,18). The number of H-pyrrole nitrogens is 1. The first-order valence-electron chi connectivity index (χ1n) is 7.07. The molecule has 1 saturated heterocycles. The van der Waals surface area contributed by atoms with Gasteiger partial charge in [-0.25, -0.2) is 0 Å². The summed E-state index contributed by atoms with van der Waals surface area (Å²) in [7, 11) is 0. The van der Waals surface area contributed by atoms with Crippen molar-refractivity contribution in [2.45, 2.75) is 26.3 Å². The van der Waals surface area contributed by atoms with E-state index in [2.05, 4.69) is 37.3 Å². The van der Waals surface area contributed by atoms with E-state index < -0.39 is 0 Å². The largest absolute Gasteiger partial charge is 0.394 e. The van der Waals surface area contributed by atoms with Crippen molar-refractivity contribution < 1.29 is 5.11 Å². The molecular formula is C13H20N6O. The summed E-state index contributed by atoms with van der Waals surface area (Å²) in [6.07, 6.45) is 2.81. The van der Waals surface area contributed by atoms with Crippen molar-refractivity contribution >= 4 is 22.8 Å². The second-order valence-electron chi connectivity index (χ2n) is 5.24. The first-order valence-corrected chi connectivity index (χ1v) is 7.07. The van der Waals surface area contributed by atoms with Gasteiger partial charge in [-0.1, -0.05) is 6.92 Å². The van der Waals surface area contributed by atoms with Crippen LogP contribution in [0.25, 0.3) is 11.0 Å². The van der Waals surface area contributed by atoms with Crippen LogP contribution < -0.4 is 10.2 Å². The Balaban J connectivity index is 2.07. The number of nitrogens with one attached hydrogen (secondary N) is 2. The molecule has 20 heavy (non-hydrogen) atoms. The van der Waals surface area contributed by atoms with Crippen molar-refractivity contribution in [2.75, 3.05) is 29.9 Å². The lowest BCUT2D eigenvalue weighted by Gasteiger charge is -2.26. The van der Waals surface area contributed by atoms with Gasteiger partial charge in [0, 0.05) is 13.1 Å². The second-order valence-corrected chi connectivity index (χ2v) is 5.24. The lowest BCUT2D eigenvalue weighted by molar-refractivity contribution is 0.244. The van der Waals surface area contributed by atoms with Crippen molar-refractivity contribution in [3.8, 4) is 0 Å². The molecule has 7 heteroatoms. The summed E-state index contributed by atoms with van der Waals surface area (Å²) in [4.78, 5) is 11.2. The molecule has 0 amide bonds. The van der Waals surface area contributed by atoms with Crippen LogP contribution in [-0.4, -0.2) is 51.0 Å². The fourth-order valence-electron chi connectivity index (χ4n) is 2.83. The number of fused-ring (bicyclic) bond motifs is 1. The monoisotopic (exact) mass is 276 g/mol. The number of nitrogens with zero attached hydrogens (tertiary/aromatic N) is 4. The number of anilines is 2. The van der Waals surface area contributed by atoms with Crippen LogP contribution >= 0.6 is 0 Å². The van der Waals surface area contributed by atoms with Crippen LogP contribution in [0.2, 0.25) is 0 Å². The molecule has 0 radical (unpaired) electrons. The molecule has 7 nitrogen and oxygen atoms in total. The van der Waals surface area contributed by atoms with E-state index in [1.165, 1.54) is 0 Å². The first kappa shape index (κ1) is 13.1. The molecule has 3 N–H and O–H groups in total. The maximum absolute atomic E-state index is 9.64. The predicted molar refractivity (Wildman–Crippen MR) is 77.8 cm³/mol. The van der Waals surface area contributed by atoms with Crippen LogP contribution in [0.15, 0.2) is 6.20 Å². The highest BCUT2D eigenvalue weighted by Crippen LogP contribution is 2.32. The van der Waals surface area contributed by atoms with Gasteiger partial charge in [-0.3, -0.25) is 5.10 Å². The van der Waals surface area contributed by atoms with Crippen LogP contribution in [0.1, 0.15) is 20.3 Å². The summed E-state index contributed by atoms with van der Waals surface area (Å²) in [5, 5.41) is 20.6. The Morgan fingerprint density at radius 2 is 2.35 bits per heavy atom. The van der Waals surface area contributed by atoms with Gasteiger partial charge in [0.25, 0.3) is 0 Å². The smallest absolute Gasteiger partial charge is 0.226 e. The van der Waals surface area contributed by atoms with Crippen molar-refractivity contribution in [1.82, 2.24) is 20.2 Å². The minimum atomic E-state index is 0.109. The summed E-state index contributed by atoms with van der Waals surface area (Å²) in [6, 6.07) is 0.109. The van der Waals surface area contributed by atoms with Gasteiger partial charge in [-0.2, -0.15) is 15.1 Å². The summed E-state index contributed by atoms with van der Waals surface area (Å²) in [6.45, 7) is 5.98. The summed E-state index contributed by atoms with van der Waals surface area (Å²) < 4.78 is 0. The molecule has 0 aliphatic carbocycles. The van der Waals surface area contributed by atoms with Crippen LogP contribution in [0.4, 0.5) is 11.8 Å². The molecule has 0 saturated carbocycles. The molecular weight excluding hydrogens is 256 g/mol. The Morgan fingerprint density at radius 3 is 3.10 bits per heavy atom. The van der Waals surface area contributed by atoms with Gasteiger partial charge in [0.1, 0.15) is 5.82 Å². The van der Waals surface area contributed by atoms with Gasteiger partial charge >= 0.3 is 0 Å². The predicted octanol–water partition coefficient (Wildman–Crippen LogP) is 0.992. The Bertz CT molecular complexity index is 598. The van der Waals surface area contributed by atoms with Crippen LogP contribution in [0.5, 0.6) is 0 Å². The third kappa shape index (κ3) is 2.07. The average Bonchev–Trinajstić information content (AvgIpc) is 3.04. The van der Waals surface area contributed by atoms with Crippen molar-refractivity contribution in [2.24, 2.45) is 5.92 Å². The molecule has 3 rings (SSSR count). The van der Waals surface area contributed by atoms with Crippen molar-refractivity contribution in [1.29, 1.82) is 0 Å². The SMILES string of the molecule is CCNc1nc(N2CCC(C)C2CO)c2cn[nH]c2n1. The van der Waals surface area contributed by atoms with Crippen LogP contribution in [-0.2, 0) is 0 Å². The first-order chi connectivity index (χ1) is 9.74. The zero-order valence-corrected chi connectivity index (χ0v) is 11.8. The highest BCUT2D eigenvalue weighted by molar-refractivity contribution is 5.87. The lowest BCUT2D eigenvalue weighted by Crippen LogP contribution is -2.36. The Kier molecular flexibility index (Phi) is 3.43. The number of hydrogen-bond donors (Lipinski definition) is 3. The van der Waals surface area contributed by atoms with E-state index in [1.807, 2.05) is 6.92 Å². The molecule has 0 aromatic carbocycles. The molecule has 2 aromatic heterocycles. The summed E-state index contributed by atoms with van der Waals surface area (Å²) >= 11 is 0. The average molecular weight is 276 g/mol. The summed E-state index contributed by atoms with van der Waals surface area (Å²) in [5.74, 6) is 1.90. The van der Waals surface area contributed by atoms with Crippen LogP contribution in [0.3, 0.4) is 0 Å². The van der Waals surface area contributed by atoms with Gasteiger partial charge in [0.15, 0.2) is 5.65 Å². The molecule has 2 aromatic rings. The van der Waals surface area contributed by atoms with Gasteiger partial charge in [0.2, 0.25) is 5.95 Å². The number of aromatic nitrogens is 4. The zero-order valence-electron chi connectivity index (χ0n) is 11.8. The quantitative estimate of drug-likeness (QED) is 0.771. The van der Waals surface area contributed by atoms with E-state index in [0.29, 0.717) is 11.9 Å². The van der Waals surface area contributed by atoms with E-state index in [4.69, 9.17) is 0 Å². The molecule has 0 bridgehead atoms. The van der Waals surface area contributed by atoms with Gasteiger partial charge < -0.3 is 15.3 Å². The van der Waals surface area contributed by atoms with E-state index in [1.54, 1.807) is 6.20 Å². The van der Waals surface area contributed by atoms with Crippen LogP contribution in [0, 0.1) is 5.92 Å². The zero-order chi connectivity index (χ0) is 14.1. The lowest BCUT2D eigenvalue weighted by atomic mass is 10.0. The van der Waals surface area contributed by atoms with Gasteiger partial charge in [-0.15, -0.1) is 0 Å². The Hall–Kier alpha value is -1.89. The Morgan fingerprint density at radius 1 is 1.50 bits per heavy atom. The molecule has 108 valence electrons. The molecule has 1 aliphatic heterocycles. The third-order valence-electron chi connectivity index (χ3n) is 3.97. The highest BCUT2D eigenvalue weighted by Gasteiger charge is 2.33. The van der Waals surface area contributed by atoms with E-state index >= 15 is 0 Å². The maximum Gasteiger partial charge on any atom is 0.226 e. The fraction of sp³-hybridized carbons (Fsp3) is 0.615. The maximum atomic E-state index is 9.64. The van der Waals surface area contributed by atoms with Crippen molar-refractivity contribution in [3.05, 3.63) is 6.20 Å². The highest BCUT2D eigenvalue weighted by atomic mass is 16.3. The minimum Gasteiger partial charge on any atom is -0.394 e. The number of rotatable bonds is 4. The van der Waals surface area contributed by atoms with E-state index in [9.17, 15) is 5.11 Å². The molecule has 1 aliphatic rings. The van der Waals surface area contributed by atoms with E-state index in [-0.39, 0.29) is 12.6 Å². The van der Waals surface area contributed by atoms with Gasteiger partial charge in [0.05, 0.1) is 24.2 Å². The third-order valence-corrected chi connectivity index (χ3v) is 3.97. The molecule has 2 unspecified atom stereocenters. The number of aromatic amines is 1. The molecule has 0 spiro atoms. The van der Waals surface area contributed by atoms with Gasteiger partial charge in [-0.05, 0) is 19.3 Å². The Labute approximate surface area is 117 Å². The van der Waals surface area contributed by atoms with E-state index in [0.717, 1.165) is 36.4 Å². The molecule has 1 fully saturated rings. The minimum absolute atomic E-state index is 0.109. The normalized spacial score (nSPS) is 22.6.